The van der Waals surface area contributed by atoms with Gasteiger partial charge in [0.05, 0.1) is 0 Å². The van der Waals surface area contributed by atoms with Crippen LogP contribution in [0.2, 0.25) is 0 Å². The van der Waals surface area contributed by atoms with Crippen LogP contribution in [0.5, 0.6) is 0 Å². The molecule has 3 aromatic carbocycles. The van der Waals surface area contributed by atoms with Gasteiger partial charge in [0.1, 0.15) is 11.5 Å². The summed E-state index contributed by atoms with van der Waals surface area (Å²) in [6.45, 7) is 2.04. The van der Waals surface area contributed by atoms with Gasteiger partial charge in [-0.15, -0.1) is 0 Å². The zero-order chi connectivity index (χ0) is 17.2. The Labute approximate surface area is 145 Å². The van der Waals surface area contributed by atoms with E-state index in [1.165, 1.54) is 17.7 Å². The first kappa shape index (κ1) is 15.3. The lowest BCUT2D eigenvalue weighted by molar-refractivity contribution is 0.589. The molecule has 1 heterocycles. The fourth-order valence-electron chi connectivity index (χ4n) is 2.73. The molecule has 2 nitrogen and oxygen atoms in total. The Hall–Kier alpha value is -3.20. The standard InChI is InChI=1S/C22H16FNO/c1-15-7-9-17(10-8-15)21-20(16-11-13-19(23)14-12-16)24-22(25-21)18-5-3-2-4-6-18/h2-14H,1H3. The highest BCUT2D eigenvalue weighted by Crippen LogP contribution is 2.36. The molecule has 4 rings (SSSR count). The molecule has 0 aliphatic carbocycles. The van der Waals surface area contributed by atoms with Gasteiger partial charge in [-0.3, -0.25) is 0 Å². The predicted octanol–water partition coefficient (Wildman–Crippen LogP) is 6.12. The Bertz CT molecular complexity index is 924. The van der Waals surface area contributed by atoms with Crippen molar-refractivity contribution in [2.75, 3.05) is 0 Å². The van der Waals surface area contributed by atoms with Crippen molar-refractivity contribution in [1.82, 2.24) is 4.98 Å². The second kappa shape index (κ2) is 6.36. The molecule has 4 aromatic rings. The number of hydrogen-bond acceptors (Lipinski definition) is 2. The first-order valence-electron chi connectivity index (χ1n) is 8.10. The first-order valence-corrected chi connectivity index (χ1v) is 8.10. The molecule has 0 bridgehead atoms. The van der Waals surface area contributed by atoms with Crippen molar-refractivity contribution in [1.29, 1.82) is 0 Å². The van der Waals surface area contributed by atoms with Gasteiger partial charge in [-0.25, -0.2) is 9.37 Å². The Morgan fingerprint density at radius 3 is 2.04 bits per heavy atom. The normalized spacial score (nSPS) is 10.8. The maximum Gasteiger partial charge on any atom is 0.227 e. The van der Waals surface area contributed by atoms with E-state index in [1.54, 1.807) is 12.1 Å². The fourth-order valence-corrected chi connectivity index (χ4v) is 2.73. The average molecular weight is 329 g/mol. The number of hydrogen-bond donors (Lipinski definition) is 0. The summed E-state index contributed by atoms with van der Waals surface area (Å²) in [5.41, 5.74) is 4.56. The first-order chi connectivity index (χ1) is 12.2. The van der Waals surface area contributed by atoms with Crippen LogP contribution < -0.4 is 0 Å². The summed E-state index contributed by atoms with van der Waals surface area (Å²) in [6.07, 6.45) is 0. The van der Waals surface area contributed by atoms with Crippen LogP contribution in [0.1, 0.15) is 5.56 Å². The minimum Gasteiger partial charge on any atom is -0.435 e. The fraction of sp³-hybridized carbons (Fsp3) is 0.0455. The number of halogens is 1. The number of aryl methyl sites for hydroxylation is 1. The third-order valence-electron chi connectivity index (χ3n) is 4.08. The highest BCUT2D eigenvalue weighted by atomic mass is 19.1. The van der Waals surface area contributed by atoms with Crippen LogP contribution in [0, 0.1) is 12.7 Å². The van der Waals surface area contributed by atoms with E-state index in [0.29, 0.717) is 17.3 Å². The van der Waals surface area contributed by atoms with E-state index in [1.807, 2.05) is 61.5 Å². The lowest BCUT2D eigenvalue weighted by Crippen LogP contribution is -1.84. The molecule has 0 saturated carbocycles. The molecular weight excluding hydrogens is 313 g/mol. The summed E-state index contributed by atoms with van der Waals surface area (Å²) in [5.74, 6) is 0.966. The van der Waals surface area contributed by atoms with Gasteiger partial charge in [0, 0.05) is 16.7 Å². The van der Waals surface area contributed by atoms with Gasteiger partial charge >= 0.3 is 0 Å². The van der Waals surface area contributed by atoms with Crippen LogP contribution in [0.4, 0.5) is 4.39 Å². The molecule has 1 aromatic heterocycles. The summed E-state index contributed by atoms with van der Waals surface area (Å²) in [5, 5.41) is 0. The molecule has 25 heavy (non-hydrogen) atoms. The van der Waals surface area contributed by atoms with E-state index >= 15 is 0 Å². The van der Waals surface area contributed by atoms with Crippen LogP contribution in [0.3, 0.4) is 0 Å². The summed E-state index contributed by atoms with van der Waals surface area (Å²) in [4.78, 5) is 4.69. The molecular formula is C22H16FNO. The number of benzene rings is 3. The van der Waals surface area contributed by atoms with Crippen molar-refractivity contribution < 1.29 is 8.81 Å². The highest BCUT2D eigenvalue weighted by molar-refractivity contribution is 5.79. The van der Waals surface area contributed by atoms with Crippen molar-refractivity contribution in [3.8, 4) is 34.0 Å². The quantitative estimate of drug-likeness (QED) is 0.452. The molecule has 0 radical (unpaired) electrons. The van der Waals surface area contributed by atoms with Gasteiger partial charge in [0.2, 0.25) is 5.89 Å². The molecule has 122 valence electrons. The maximum atomic E-state index is 13.3. The SMILES string of the molecule is Cc1ccc(-c2oc(-c3ccccc3)nc2-c2ccc(F)cc2)cc1. The van der Waals surface area contributed by atoms with Crippen molar-refractivity contribution in [3.63, 3.8) is 0 Å². The monoisotopic (exact) mass is 329 g/mol. The average Bonchev–Trinajstić information content (AvgIpc) is 3.09. The summed E-state index contributed by atoms with van der Waals surface area (Å²) < 4.78 is 19.4. The lowest BCUT2D eigenvalue weighted by atomic mass is 10.0. The minimum atomic E-state index is -0.271. The van der Waals surface area contributed by atoms with Gasteiger partial charge in [0.15, 0.2) is 5.76 Å². The lowest BCUT2D eigenvalue weighted by Gasteiger charge is -2.02. The topological polar surface area (TPSA) is 26.0 Å². The van der Waals surface area contributed by atoms with Crippen LogP contribution in [-0.2, 0) is 0 Å². The smallest absolute Gasteiger partial charge is 0.227 e. The predicted molar refractivity (Wildman–Crippen MR) is 97.5 cm³/mol. The molecule has 0 fully saturated rings. The van der Waals surface area contributed by atoms with Gasteiger partial charge in [0.25, 0.3) is 0 Å². The van der Waals surface area contributed by atoms with Crippen LogP contribution >= 0.6 is 0 Å². The molecule has 0 spiro atoms. The molecule has 0 atom stereocenters. The molecule has 0 N–H and O–H groups in total. The molecule has 0 amide bonds. The Morgan fingerprint density at radius 1 is 0.720 bits per heavy atom. The zero-order valence-electron chi connectivity index (χ0n) is 13.7. The third kappa shape index (κ3) is 3.09. The summed E-state index contributed by atoms with van der Waals surface area (Å²) in [7, 11) is 0. The van der Waals surface area contributed by atoms with Crippen molar-refractivity contribution >= 4 is 0 Å². The van der Waals surface area contributed by atoms with Gasteiger partial charge in [-0.05, 0) is 43.3 Å². The van der Waals surface area contributed by atoms with E-state index in [9.17, 15) is 4.39 Å². The van der Waals surface area contributed by atoms with E-state index in [0.717, 1.165) is 16.7 Å². The van der Waals surface area contributed by atoms with Crippen molar-refractivity contribution in [2.45, 2.75) is 6.92 Å². The van der Waals surface area contributed by atoms with E-state index in [-0.39, 0.29) is 5.82 Å². The van der Waals surface area contributed by atoms with Crippen LogP contribution in [-0.4, -0.2) is 4.98 Å². The Balaban J connectivity index is 1.89. The molecule has 0 saturated heterocycles. The number of oxazole rings is 1. The molecule has 0 aliphatic rings. The van der Waals surface area contributed by atoms with Crippen LogP contribution in [0.15, 0.2) is 83.3 Å². The van der Waals surface area contributed by atoms with Crippen molar-refractivity contribution in [3.05, 3.63) is 90.2 Å². The zero-order valence-corrected chi connectivity index (χ0v) is 13.7. The second-order valence-corrected chi connectivity index (χ2v) is 5.94. The van der Waals surface area contributed by atoms with Gasteiger partial charge in [-0.2, -0.15) is 0 Å². The van der Waals surface area contributed by atoms with E-state index in [4.69, 9.17) is 9.40 Å². The minimum absolute atomic E-state index is 0.271. The van der Waals surface area contributed by atoms with Gasteiger partial charge in [-0.1, -0.05) is 48.0 Å². The Morgan fingerprint density at radius 2 is 1.36 bits per heavy atom. The Kier molecular flexibility index (Phi) is 3.90. The van der Waals surface area contributed by atoms with E-state index in [2.05, 4.69) is 0 Å². The summed E-state index contributed by atoms with van der Waals surface area (Å²) >= 11 is 0. The number of aromatic nitrogens is 1. The highest BCUT2D eigenvalue weighted by Gasteiger charge is 2.18. The second-order valence-electron chi connectivity index (χ2n) is 5.94. The largest absolute Gasteiger partial charge is 0.435 e. The molecule has 0 unspecified atom stereocenters. The van der Waals surface area contributed by atoms with Gasteiger partial charge < -0.3 is 4.42 Å². The van der Waals surface area contributed by atoms with Crippen LogP contribution in [0.25, 0.3) is 34.0 Å². The van der Waals surface area contributed by atoms with E-state index < -0.39 is 0 Å². The molecule has 0 aliphatic heterocycles. The number of nitrogens with zero attached hydrogens (tertiary/aromatic N) is 1. The molecule has 3 heteroatoms. The number of rotatable bonds is 3. The third-order valence-corrected chi connectivity index (χ3v) is 4.08. The summed E-state index contributed by atoms with van der Waals surface area (Å²) in [6, 6.07) is 24.2. The maximum absolute atomic E-state index is 13.3. The van der Waals surface area contributed by atoms with Crippen molar-refractivity contribution in [2.24, 2.45) is 0 Å².